The van der Waals surface area contributed by atoms with Crippen LogP contribution in [0.5, 0.6) is 0 Å². The monoisotopic (exact) mass is 470 g/mol. The minimum atomic E-state index is -1.42. The summed E-state index contributed by atoms with van der Waals surface area (Å²) in [5.74, 6) is -1.83. The van der Waals surface area contributed by atoms with Crippen LogP contribution in [-0.2, 0) is 22.4 Å². The Morgan fingerprint density at radius 1 is 0.886 bits per heavy atom. The Hall–Kier alpha value is -3.93. The first-order valence-corrected chi connectivity index (χ1v) is 11.9. The molecule has 0 heterocycles. The van der Waals surface area contributed by atoms with Crippen molar-refractivity contribution < 1.29 is 19.5 Å². The number of fused-ring (bicyclic) bond motifs is 1. The molecule has 0 aliphatic heterocycles. The van der Waals surface area contributed by atoms with Gasteiger partial charge in [0.15, 0.2) is 0 Å². The molecule has 0 saturated heterocycles. The van der Waals surface area contributed by atoms with Gasteiger partial charge >= 0.3 is 5.97 Å². The Morgan fingerprint density at radius 3 is 2.11 bits per heavy atom. The van der Waals surface area contributed by atoms with Gasteiger partial charge in [-0.25, -0.2) is 4.79 Å². The van der Waals surface area contributed by atoms with Crippen molar-refractivity contribution in [2.75, 3.05) is 25.0 Å². The van der Waals surface area contributed by atoms with Gasteiger partial charge in [-0.05, 0) is 67.0 Å². The van der Waals surface area contributed by atoms with Gasteiger partial charge < -0.3 is 14.9 Å². The number of hydrogen-bond acceptors (Lipinski definition) is 4. The molecule has 0 bridgehead atoms. The number of likely N-dealkylation sites (N-methyl/N-ethyl adjacent to an activating group) is 1. The Morgan fingerprint density at radius 2 is 1.51 bits per heavy atom. The summed E-state index contributed by atoms with van der Waals surface area (Å²) in [7, 11) is 1.84. The lowest BCUT2D eigenvalue weighted by molar-refractivity contribution is -0.132. The third-order valence-electron chi connectivity index (χ3n) is 6.75. The van der Waals surface area contributed by atoms with E-state index in [1.165, 1.54) is 0 Å². The number of ketones is 1. The van der Waals surface area contributed by atoms with Gasteiger partial charge in [-0.15, -0.1) is 0 Å². The van der Waals surface area contributed by atoms with Crippen LogP contribution >= 0.6 is 0 Å². The second kappa shape index (κ2) is 11.0. The van der Waals surface area contributed by atoms with Crippen LogP contribution in [0.1, 0.15) is 34.3 Å². The largest absolute Gasteiger partial charge is 0.475 e. The number of para-hydroxylation sites is 2. The topological polar surface area (TPSA) is 77.9 Å². The molecule has 0 aromatic heterocycles. The Kier molecular flexibility index (Phi) is 7.60. The molecule has 0 saturated carbocycles. The summed E-state index contributed by atoms with van der Waals surface area (Å²) >= 11 is 0. The molecule has 0 spiro atoms. The maximum absolute atomic E-state index is 13.1. The summed E-state index contributed by atoms with van der Waals surface area (Å²) in [4.78, 5) is 40.2. The van der Waals surface area contributed by atoms with Gasteiger partial charge in [-0.2, -0.15) is 0 Å². The highest BCUT2D eigenvalue weighted by Crippen LogP contribution is 2.30. The Bertz CT molecular complexity index is 1150. The van der Waals surface area contributed by atoms with E-state index in [9.17, 15) is 14.4 Å². The van der Waals surface area contributed by atoms with E-state index in [1.807, 2.05) is 78.7 Å². The number of Topliss-reactive ketones (excluding diaryl/α,β-unsaturated/α-hetero) is 1. The van der Waals surface area contributed by atoms with Crippen molar-refractivity contribution in [2.45, 2.75) is 25.7 Å². The van der Waals surface area contributed by atoms with Crippen LogP contribution in [0.4, 0.5) is 11.4 Å². The van der Waals surface area contributed by atoms with Crippen molar-refractivity contribution in [1.29, 1.82) is 0 Å². The van der Waals surface area contributed by atoms with E-state index in [0.717, 1.165) is 41.8 Å². The molecule has 1 amide bonds. The van der Waals surface area contributed by atoms with Crippen molar-refractivity contribution in [3.63, 3.8) is 0 Å². The van der Waals surface area contributed by atoms with Gasteiger partial charge in [-0.1, -0.05) is 54.6 Å². The molecular formula is C29H30N2O4. The van der Waals surface area contributed by atoms with Crippen molar-refractivity contribution in [2.24, 2.45) is 5.92 Å². The second-order valence-corrected chi connectivity index (χ2v) is 9.05. The molecule has 0 radical (unpaired) electrons. The third kappa shape index (κ3) is 5.77. The lowest BCUT2D eigenvalue weighted by Gasteiger charge is -2.29. The average molecular weight is 471 g/mol. The highest BCUT2D eigenvalue weighted by Gasteiger charge is 2.26. The smallest absolute Gasteiger partial charge is 0.377 e. The van der Waals surface area contributed by atoms with Crippen LogP contribution < -0.4 is 4.90 Å². The lowest BCUT2D eigenvalue weighted by Crippen LogP contribution is -2.37. The maximum atomic E-state index is 13.1. The van der Waals surface area contributed by atoms with E-state index >= 15 is 0 Å². The molecule has 4 rings (SSSR count). The van der Waals surface area contributed by atoms with E-state index < -0.39 is 11.8 Å². The summed E-state index contributed by atoms with van der Waals surface area (Å²) in [6, 6.07) is 25.2. The van der Waals surface area contributed by atoms with Crippen molar-refractivity contribution >= 4 is 29.0 Å². The fourth-order valence-electron chi connectivity index (χ4n) is 4.76. The number of benzene rings is 3. The molecule has 3 aromatic carbocycles. The first-order valence-electron chi connectivity index (χ1n) is 11.9. The molecule has 1 N–H and O–H groups in total. The van der Waals surface area contributed by atoms with Gasteiger partial charge in [0.1, 0.15) is 6.54 Å². The highest BCUT2D eigenvalue weighted by molar-refractivity contribution is 6.40. The summed E-state index contributed by atoms with van der Waals surface area (Å²) in [6.07, 6.45) is 3.20. The first kappa shape index (κ1) is 24.2. The number of carboxylic acids is 1. The standard InChI is InChI=1S/C29H30N2O4/c1-30(27(32)20-31(23-10-4-2-5-11-23)24-12-6-3-7-13-24)18-17-21-15-16-25-22(19-21)9-8-14-26(25)28(33)29(34)35/h2-14,21H,15-20H2,1H3,(H,34,35). The summed E-state index contributed by atoms with van der Waals surface area (Å²) in [5, 5.41) is 9.10. The molecule has 0 fully saturated rings. The molecule has 6 heteroatoms. The average Bonchev–Trinajstić information content (AvgIpc) is 2.90. The molecule has 6 nitrogen and oxygen atoms in total. The molecule has 1 aliphatic carbocycles. The number of amides is 1. The quantitative estimate of drug-likeness (QED) is 0.361. The van der Waals surface area contributed by atoms with Gasteiger partial charge in [0, 0.05) is 30.5 Å². The van der Waals surface area contributed by atoms with Gasteiger partial charge in [0.25, 0.3) is 5.78 Å². The molecule has 35 heavy (non-hydrogen) atoms. The van der Waals surface area contributed by atoms with E-state index in [2.05, 4.69) is 0 Å². The zero-order valence-corrected chi connectivity index (χ0v) is 19.9. The van der Waals surface area contributed by atoms with Crippen LogP contribution in [0.25, 0.3) is 0 Å². The molecule has 180 valence electrons. The number of anilines is 2. The summed E-state index contributed by atoms with van der Waals surface area (Å²) < 4.78 is 0. The van der Waals surface area contributed by atoms with Gasteiger partial charge in [0.2, 0.25) is 5.91 Å². The fraction of sp³-hybridized carbons (Fsp3) is 0.276. The molecule has 1 atom stereocenters. The number of carbonyl (C=O) groups is 3. The maximum Gasteiger partial charge on any atom is 0.377 e. The highest BCUT2D eigenvalue weighted by atomic mass is 16.4. The van der Waals surface area contributed by atoms with Crippen LogP contribution in [0, 0.1) is 5.92 Å². The van der Waals surface area contributed by atoms with E-state index in [-0.39, 0.29) is 12.5 Å². The van der Waals surface area contributed by atoms with Crippen molar-refractivity contribution in [3.05, 3.63) is 95.6 Å². The van der Waals surface area contributed by atoms with Crippen LogP contribution in [0.2, 0.25) is 0 Å². The fourth-order valence-corrected chi connectivity index (χ4v) is 4.76. The predicted molar refractivity (Wildman–Crippen MR) is 136 cm³/mol. The zero-order valence-electron chi connectivity index (χ0n) is 19.9. The minimum absolute atomic E-state index is 0.0447. The first-order chi connectivity index (χ1) is 16.9. The Labute approximate surface area is 205 Å². The zero-order chi connectivity index (χ0) is 24.8. The number of carboxylic acid groups (broad SMARTS) is 1. The number of aliphatic carboxylic acids is 1. The number of hydrogen-bond donors (Lipinski definition) is 1. The molecule has 1 unspecified atom stereocenters. The van der Waals surface area contributed by atoms with Gasteiger partial charge in [-0.3, -0.25) is 9.59 Å². The predicted octanol–water partition coefficient (Wildman–Crippen LogP) is 4.75. The summed E-state index contributed by atoms with van der Waals surface area (Å²) in [5.41, 5.74) is 4.15. The van der Waals surface area contributed by atoms with E-state index in [0.29, 0.717) is 24.4 Å². The number of rotatable bonds is 9. The third-order valence-corrected chi connectivity index (χ3v) is 6.75. The normalized spacial score (nSPS) is 14.6. The second-order valence-electron chi connectivity index (χ2n) is 9.05. The molecule has 1 aliphatic rings. The lowest BCUT2D eigenvalue weighted by atomic mass is 9.79. The molecular weight excluding hydrogens is 440 g/mol. The van der Waals surface area contributed by atoms with Crippen molar-refractivity contribution in [3.8, 4) is 0 Å². The SMILES string of the molecule is CN(CCC1CCc2c(cccc2C(=O)C(=O)O)C1)C(=O)CN(c1ccccc1)c1ccccc1. The number of nitrogens with zero attached hydrogens (tertiary/aromatic N) is 2. The van der Waals surface area contributed by atoms with Gasteiger partial charge in [0.05, 0.1) is 0 Å². The van der Waals surface area contributed by atoms with Crippen molar-refractivity contribution in [1.82, 2.24) is 4.90 Å². The van der Waals surface area contributed by atoms with Crippen LogP contribution in [0.3, 0.4) is 0 Å². The number of carbonyl (C=O) groups excluding carboxylic acids is 2. The van der Waals surface area contributed by atoms with E-state index in [1.54, 1.807) is 17.0 Å². The Balaban J connectivity index is 1.38. The van der Waals surface area contributed by atoms with Crippen LogP contribution in [0.15, 0.2) is 78.9 Å². The van der Waals surface area contributed by atoms with Crippen LogP contribution in [-0.4, -0.2) is 47.8 Å². The minimum Gasteiger partial charge on any atom is -0.475 e. The summed E-state index contributed by atoms with van der Waals surface area (Å²) in [6.45, 7) is 0.892. The molecule has 3 aromatic rings. The van der Waals surface area contributed by atoms with E-state index in [4.69, 9.17) is 5.11 Å².